The molecule has 7 aromatic rings. The summed E-state index contributed by atoms with van der Waals surface area (Å²) >= 11 is 0. The molecule has 0 unspecified atom stereocenters. The molecular formula is C37H32N4. The molecule has 0 fully saturated rings. The van der Waals surface area contributed by atoms with Crippen LogP contribution < -0.4 is 9.80 Å². The Morgan fingerprint density at radius 1 is 0.439 bits per heavy atom. The van der Waals surface area contributed by atoms with Crippen molar-refractivity contribution in [1.29, 1.82) is 0 Å². The van der Waals surface area contributed by atoms with E-state index in [-0.39, 0.29) is 0 Å². The number of nitrogens with zero attached hydrogens (tertiary/aromatic N) is 2. The molecule has 4 heteroatoms. The normalized spacial score (nSPS) is 11.3. The number of fused-ring (bicyclic) bond motifs is 2. The van der Waals surface area contributed by atoms with Gasteiger partial charge in [-0.05, 0) is 98.6 Å². The predicted octanol–water partition coefficient (Wildman–Crippen LogP) is 10.5. The van der Waals surface area contributed by atoms with Gasteiger partial charge in [0.05, 0.1) is 11.4 Å². The van der Waals surface area contributed by atoms with E-state index in [9.17, 15) is 0 Å². The Kier molecular flexibility index (Phi) is 6.09. The van der Waals surface area contributed by atoms with E-state index in [2.05, 4.69) is 156 Å². The Morgan fingerprint density at radius 3 is 1.37 bits per heavy atom. The molecule has 0 bridgehead atoms. The standard InChI is InChI=1S/C37H32N4/c1-25-18-19-30-31(22-25)37(41(35-17-11-21-39-35)29-14-8-5-9-15-29)33-24-27(3)26(2)23-32(33)36(30)40(34-16-10-20-38-34)28-12-6-4-7-13-28/h4-24,38-39H,1-3H3. The van der Waals surface area contributed by atoms with E-state index in [1.807, 2.05) is 12.4 Å². The van der Waals surface area contributed by atoms with E-state index in [1.54, 1.807) is 0 Å². The van der Waals surface area contributed by atoms with Gasteiger partial charge in [0, 0.05) is 45.3 Å². The molecule has 0 aliphatic carbocycles. The lowest BCUT2D eigenvalue weighted by molar-refractivity contribution is 1.22. The van der Waals surface area contributed by atoms with Gasteiger partial charge in [-0.15, -0.1) is 0 Å². The fourth-order valence-corrected chi connectivity index (χ4v) is 5.89. The molecule has 0 radical (unpaired) electrons. The van der Waals surface area contributed by atoms with Crippen LogP contribution in [0.2, 0.25) is 0 Å². The zero-order valence-electron chi connectivity index (χ0n) is 23.5. The Morgan fingerprint density at radius 2 is 0.902 bits per heavy atom. The quantitative estimate of drug-likeness (QED) is 0.165. The molecule has 41 heavy (non-hydrogen) atoms. The number of aromatic amines is 2. The number of rotatable bonds is 6. The minimum atomic E-state index is 1.02. The highest BCUT2D eigenvalue weighted by Crippen LogP contribution is 2.51. The zero-order valence-corrected chi connectivity index (χ0v) is 23.5. The van der Waals surface area contributed by atoms with Crippen LogP contribution in [0.1, 0.15) is 16.7 Å². The van der Waals surface area contributed by atoms with Crippen LogP contribution >= 0.6 is 0 Å². The van der Waals surface area contributed by atoms with Gasteiger partial charge in [0.1, 0.15) is 11.6 Å². The zero-order chi connectivity index (χ0) is 27.9. The molecule has 2 aromatic heterocycles. The average Bonchev–Trinajstić information content (AvgIpc) is 3.72. The number of aryl methyl sites for hydroxylation is 3. The summed E-state index contributed by atoms with van der Waals surface area (Å²) in [6, 6.07) is 41.2. The van der Waals surface area contributed by atoms with Crippen LogP contribution in [-0.2, 0) is 0 Å². The van der Waals surface area contributed by atoms with Crippen molar-refractivity contribution in [1.82, 2.24) is 9.97 Å². The average molecular weight is 533 g/mol. The van der Waals surface area contributed by atoms with Crippen molar-refractivity contribution < 1.29 is 0 Å². The molecule has 200 valence electrons. The maximum atomic E-state index is 3.50. The molecule has 5 aromatic carbocycles. The molecule has 4 nitrogen and oxygen atoms in total. The second-order valence-corrected chi connectivity index (χ2v) is 10.7. The fourth-order valence-electron chi connectivity index (χ4n) is 5.89. The van der Waals surface area contributed by atoms with E-state index in [0.29, 0.717) is 0 Å². The molecule has 0 spiro atoms. The van der Waals surface area contributed by atoms with Gasteiger partial charge in [-0.3, -0.25) is 9.80 Å². The van der Waals surface area contributed by atoms with Gasteiger partial charge >= 0.3 is 0 Å². The maximum absolute atomic E-state index is 3.50. The molecule has 2 heterocycles. The fraction of sp³-hybridized carbons (Fsp3) is 0.0811. The smallest absolute Gasteiger partial charge is 0.115 e. The second kappa shape index (κ2) is 10.1. The molecule has 0 saturated carbocycles. The largest absolute Gasteiger partial charge is 0.348 e. The lowest BCUT2D eigenvalue weighted by Crippen LogP contribution is -2.15. The van der Waals surface area contributed by atoms with Crippen LogP contribution in [0.15, 0.2) is 128 Å². The first-order valence-electron chi connectivity index (χ1n) is 14.0. The molecule has 7 rings (SSSR count). The van der Waals surface area contributed by atoms with E-state index in [1.165, 1.54) is 43.9 Å². The first-order chi connectivity index (χ1) is 20.1. The third-order valence-corrected chi connectivity index (χ3v) is 7.95. The minimum Gasteiger partial charge on any atom is -0.348 e. The first kappa shape index (κ1) is 24.8. The van der Waals surface area contributed by atoms with Gasteiger partial charge < -0.3 is 9.97 Å². The summed E-state index contributed by atoms with van der Waals surface area (Å²) < 4.78 is 0. The Bertz CT molecular complexity index is 1960. The highest BCUT2D eigenvalue weighted by Gasteiger charge is 2.26. The van der Waals surface area contributed by atoms with Crippen molar-refractivity contribution in [3.05, 3.63) is 144 Å². The summed E-state index contributed by atoms with van der Waals surface area (Å²) in [4.78, 5) is 11.7. The molecule has 0 amide bonds. The highest BCUT2D eigenvalue weighted by atomic mass is 15.2. The number of hydrogen-bond donors (Lipinski definition) is 2. The van der Waals surface area contributed by atoms with Crippen LogP contribution in [0.25, 0.3) is 21.5 Å². The molecule has 0 atom stereocenters. The topological polar surface area (TPSA) is 38.1 Å². The Hall–Kier alpha value is -5.22. The summed E-state index contributed by atoms with van der Waals surface area (Å²) in [7, 11) is 0. The van der Waals surface area contributed by atoms with Crippen molar-refractivity contribution in [2.75, 3.05) is 9.80 Å². The van der Waals surface area contributed by atoms with Crippen LogP contribution in [0.4, 0.5) is 34.4 Å². The minimum absolute atomic E-state index is 1.02. The Labute approximate surface area is 240 Å². The number of hydrogen-bond acceptors (Lipinski definition) is 2. The predicted molar refractivity (Wildman–Crippen MR) is 174 cm³/mol. The number of anilines is 6. The number of para-hydroxylation sites is 2. The van der Waals surface area contributed by atoms with E-state index >= 15 is 0 Å². The SMILES string of the molecule is Cc1ccc2c(N(c3ccccc3)c3ccc[nH]3)c3cc(C)c(C)cc3c(N(c3ccccc3)c3ccc[nH]3)c2c1. The molecule has 2 N–H and O–H groups in total. The van der Waals surface area contributed by atoms with Crippen molar-refractivity contribution in [2.24, 2.45) is 0 Å². The van der Waals surface area contributed by atoms with Crippen molar-refractivity contribution >= 4 is 55.9 Å². The van der Waals surface area contributed by atoms with Crippen molar-refractivity contribution in [3.8, 4) is 0 Å². The van der Waals surface area contributed by atoms with Gasteiger partial charge in [0.2, 0.25) is 0 Å². The van der Waals surface area contributed by atoms with Gasteiger partial charge in [-0.2, -0.15) is 0 Å². The number of H-pyrrole nitrogens is 2. The number of nitrogens with one attached hydrogen (secondary N) is 2. The summed E-state index contributed by atoms with van der Waals surface area (Å²) in [6.45, 7) is 6.59. The first-order valence-corrected chi connectivity index (χ1v) is 14.0. The summed E-state index contributed by atoms with van der Waals surface area (Å²) in [5.41, 5.74) is 8.29. The highest BCUT2D eigenvalue weighted by molar-refractivity contribution is 6.23. The maximum Gasteiger partial charge on any atom is 0.115 e. The molecular weight excluding hydrogens is 500 g/mol. The summed E-state index contributed by atoms with van der Waals surface area (Å²) in [5, 5.41) is 4.78. The molecule has 0 aliphatic heterocycles. The molecule has 0 aliphatic rings. The lowest BCUT2D eigenvalue weighted by Gasteiger charge is -2.32. The number of benzene rings is 5. The van der Waals surface area contributed by atoms with Crippen LogP contribution in [-0.4, -0.2) is 9.97 Å². The van der Waals surface area contributed by atoms with E-state index in [0.717, 1.165) is 28.7 Å². The van der Waals surface area contributed by atoms with Crippen LogP contribution in [0.5, 0.6) is 0 Å². The monoisotopic (exact) mass is 532 g/mol. The lowest BCUT2D eigenvalue weighted by atomic mass is 9.92. The van der Waals surface area contributed by atoms with Gasteiger partial charge in [0.15, 0.2) is 0 Å². The Balaban J connectivity index is 1.68. The van der Waals surface area contributed by atoms with Crippen molar-refractivity contribution in [2.45, 2.75) is 20.8 Å². The van der Waals surface area contributed by atoms with Crippen molar-refractivity contribution in [3.63, 3.8) is 0 Å². The van der Waals surface area contributed by atoms with Gasteiger partial charge in [-0.25, -0.2) is 0 Å². The van der Waals surface area contributed by atoms with E-state index < -0.39 is 0 Å². The van der Waals surface area contributed by atoms with E-state index in [4.69, 9.17) is 0 Å². The third-order valence-electron chi connectivity index (χ3n) is 7.95. The van der Waals surface area contributed by atoms with Gasteiger partial charge in [-0.1, -0.05) is 54.1 Å². The second-order valence-electron chi connectivity index (χ2n) is 10.7. The van der Waals surface area contributed by atoms with Crippen LogP contribution in [0.3, 0.4) is 0 Å². The summed E-state index contributed by atoms with van der Waals surface area (Å²) in [5.74, 6) is 2.05. The third kappa shape index (κ3) is 4.25. The van der Waals surface area contributed by atoms with Gasteiger partial charge in [0.25, 0.3) is 0 Å². The summed E-state index contributed by atoms with van der Waals surface area (Å²) in [6.07, 6.45) is 3.99. The van der Waals surface area contributed by atoms with Crippen LogP contribution in [0, 0.1) is 20.8 Å². The number of aromatic nitrogens is 2. The molecule has 0 saturated heterocycles.